The van der Waals surface area contributed by atoms with Crippen molar-refractivity contribution in [2.24, 2.45) is 5.73 Å². The second-order valence-electron chi connectivity index (χ2n) is 5.30. The monoisotopic (exact) mass is 292 g/mol. The van der Waals surface area contributed by atoms with Crippen LogP contribution in [-0.2, 0) is 11.2 Å². The first kappa shape index (κ1) is 15.6. The van der Waals surface area contributed by atoms with Gasteiger partial charge in [-0.15, -0.1) is 0 Å². The van der Waals surface area contributed by atoms with Gasteiger partial charge in [0, 0.05) is 6.04 Å². The van der Waals surface area contributed by atoms with Gasteiger partial charge in [0.15, 0.2) is 17.6 Å². The topological polar surface area (TPSA) is 73.6 Å². The van der Waals surface area contributed by atoms with Gasteiger partial charge in [0.05, 0.1) is 6.61 Å². The van der Waals surface area contributed by atoms with Gasteiger partial charge in [0.2, 0.25) is 0 Å². The minimum atomic E-state index is -0.537. The van der Waals surface area contributed by atoms with E-state index >= 15 is 0 Å². The Morgan fingerprint density at radius 1 is 1.43 bits per heavy atom. The molecule has 1 amide bonds. The van der Waals surface area contributed by atoms with E-state index in [9.17, 15) is 4.79 Å². The molecule has 0 saturated heterocycles. The minimum Gasteiger partial charge on any atom is -0.490 e. The molecule has 1 fully saturated rings. The van der Waals surface area contributed by atoms with Gasteiger partial charge in [-0.3, -0.25) is 4.79 Å². The van der Waals surface area contributed by atoms with E-state index in [-0.39, 0.29) is 5.91 Å². The van der Waals surface area contributed by atoms with Crippen LogP contribution in [0.2, 0.25) is 0 Å². The van der Waals surface area contributed by atoms with Gasteiger partial charge in [-0.25, -0.2) is 0 Å². The lowest BCUT2D eigenvalue weighted by molar-refractivity contribution is -0.127. The van der Waals surface area contributed by atoms with Crippen LogP contribution in [0.1, 0.15) is 32.3 Å². The number of ether oxygens (including phenoxy) is 2. The average Bonchev–Trinajstić information content (AvgIpc) is 3.26. The number of carbonyl (C=O) groups excluding carboxylic acids is 1. The van der Waals surface area contributed by atoms with Gasteiger partial charge in [-0.05, 0) is 57.4 Å². The second kappa shape index (κ2) is 7.31. The number of benzene rings is 1. The van der Waals surface area contributed by atoms with E-state index in [0.717, 1.165) is 24.8 Å². The molecule has 0 radical (unpaired) electrons. The van der Waals surface area contributed by atoms with Crippen LogP contribution in [0, 0.1) is 0 Å². The Balaban J connectivity index is 2.04. The molecule has 0 aromatic heterocycles. The fourth-order valence-electron chi connectivity index (χ4n) is 2.03. The van der Waals surface area contributed by atoms with Crippen molar-refractivity contribution in [1.82, 2.24) is 5.32 Å². The van der Waals surface area contributed by atoms with Crippen molar-refractivity contribution in [2.75, 3.05) is 13.2 Å². The normalized spacial score (nSPS) is 15.4. The smallest absolute Gasteiger partial charge is 0.260 e. The van der Waals surface area contributed by atoms with Gasteiger partial charge in [0.1, 0.15) is 0 Å². The highest BCUT2D eigenvalue weighted by molar-refractivity contribution is 5.81. The largest absolute Gasteiger partial charge is 0.490 e. The molecule has 1 aromatic carbocycles. The summed E-state index contributed by atoms with van der Waals surface area (Å²) < 4.78 is 11.4. The highest BCUT2D eigenvalue weighted by Gasteiger charge is 2.26. The van der Waals surface area contributed by atoms with Crippen LogP contribution in [0.5, 0.6) is 11.5 Å². The lowest BCUT2D eigenvalue weighted by atomic mass is 10.1. The van der Waals surface area contributed by atoms with Crippen LogP contribution in [-0.4, -0.2) is 31.2 Å². The van der Waals surface area contributed by atoms with E-state index in [1.54, 1.807) is 6.92 Å². The Hall–Kier alpha value is -1.75. The summed E-state index contributed by atoms with van der Waals surface area (Å²) in [5.41, 5.74) is 6.67. The van der Waals surface area contributed by atoms with Crippen LogP contribution in [0.15, 0.2) is 18.2 Å². The number of hydrogen-bond donors (Lipinski definition) is 2. The van der Waals surface area contributed by atoms with Gasteiger partial charge in [0.25, 0.3) is 5.91 Å². The van der Waals surface area contributed by atoms with Gasteiger partial charge < -0.3 is 20.5 Å². The van der Waals surface area contributed by atoms with Crippen molar-refractivity contribution >= 4 is 5.91 Å². The molecule has 3 N–H and O–H groups in total. The Morgan fingerprint density at radius 3 is 2.81 bits per heavy atom. The summed E-state index contributed by atoms with van der Waals surface area (Å²) in [5.74, 6) is 1.18. The fraction of sp³-hybridized carbons (Fsp3) is 0.562. The predicted molar refractivity (Wildman–Crippen MR) is 81.6 cm³/mol. The van der Waals surface area contributed by atoms with Crippen molar-refractivity contribution in [3.05, 3.63) is 23.8 Å². The third-order valence-electron chi connectivity index (χ3n) is 3.34. The maximum Gasteiger partial charge on any atom is 0.260 e. The Morgan fingerprint density at radius 2 is 2.19 bits per heavy atom. The highest BCUT2D eigenvalue weighted by Crippen LogP contribution is 2.29. The van der Waals surface area contributed by atoms with E-state index in [4.69, 9.17) is 15.2 Å². The molecule has 5 nitrogen and oxygen atoms in total. The van der Waals surface area contributed by atoms with Crippen molar-refractivity contribution in [1.29, 1.82) is 0 Å². The molecule has 21 heavy (non-hydrogen) atoms. The summed E-state index contributed by atoms with van der Waals surface area (Å²) in [4.78, 5) is 11.9. The Bertz CT molecular complexity index is 486. The maximum atomic E-state index is 11.9. The van der Waals surface area contributed by atoms with Crippen LogP contribution in [0.25, 0.3) is 0 Å². The molecule has 0 spiro atoms. The molecular formula is C16H24N2O3. The molecule has 1 unspecified atom stereocenters. The first-order chi connectivity index (χ1) is 10.1. The Kier molecular flexibility index (Phi) is 5.44. The molecule has 0 bridgehead atoms. The van der Waals surface area contributed by atoms with Crippen LogP contribution < -0.4 is 20.5 Å². The molecule has 1 atom stereocenters. The second-order valence-corrected chi connectivity index (χ2v) is 5.30. The first-order valence-electron chi connectivity index (χ1n) is 7.56. The van der Waals surface area contributed by atoms with E-state index in [0.29, 0.717) is 30.7 Å². The van der Waals surface area contributed by atoms with E-state index in [1.165, 1.54) is 0 Å². The summed E-state index contributed by atoms with van der Waals surface area (Å²) in [5, 5.41) is 2.94. The molecule has 0 heterocycles. The molecule has 1 aromatic rings. The van der Waals surface area contributed by atoms with Crippen molar-refractivity contribution in [3.8, 4) is 11.5 Å². The molecule has 1 aliphatic rings. The average molecular weight is 292 g/mol. The molecule has 5 heteroatoms. The van der Waals surface area contributed by atoms with E-state index in [1.807, 2.05) is 25.1 Å². The number of rotatable bonds is 8. The zero-order chi connectivity index (χ0) is 15.2. The minimum absolute atomic E-state index is 0.0778. The van der Waals surface area contributed by atoms with Crippen LogP contribution in [0.3, 0.4) is 0 Å². The first-order valence-corrected chi connectivity index (χ1v) is 7.56. The van der Waals surface area contributed by atoms with Crippen molar-refractivity contribution < 1.29 is 14.3 Å². The highest BCUT2D eigenvalue weighted by atomic mass is 16.5. The fourth-order valence-corrected chi connectivity index (χ4v) is 2.03. The zero-order valence-corrected chi connectivity index (χ0v) is 12.7. The zero-order valence-electron chi connectivity index (χ0n) is 12.7. The molecular weight excluding hydrogens is 268 g/mol. The van der Waals surface area contributed by atoms with Crippen molar-refractivity contribution in [2.45, 2.75) is 45.3 Å². The lowest BCUT2D eigenvalue weighted by Gasteiger charge is -2.18. The van der Waals surface area contributed by atoms with Crippen molar-refractivity contribution in [3.63, 3.8) is 0 Å². The van der Waals surface area contributed by atoms with Crippen LogP contribution >= 0.6 is 0 Å². The third kappa shape index (κ3) is 4.63. The molecule has 0 aliphatic heterocycles. The molecule has 1 saturated carbocycles. The number of hydrogen-bond acceptors (Lipinski definition) is 4. The SMILES string of the molecule is CCOc1cc(CCN)ccc1OC(C)C(=O)NC1CC1. The maximum absolute atomic E-state index is 11.9. The van der Waals surface area contributed by atoms with E-state index in [2.05, 4.69) is 5.32 Å². The van der Waals surface area contributed by atoms with Crippen LogP contribution in [0.4, 0.5) is 0 Å². The third-order valence-corrected chi connectivity index (χ3v) is 3.34. The number of carbonyl (C=O) groups is 1. The quantitative estimate of drug-likeness (QED) is 0.764. The molecule has 2 rings (SSSR count). The van der Waals surface area contributed by atoms with Gasteiger partial charge >= 0.3 is 0 Å². The van der Waals surface area contributed by atoms with Gasteiger partial charge in [-0.1, -0.05) is 6.07 Å². The molecule has 116 valence electrons. The summed E-state index contributed by atoms with van der Waals surface area (Å²) >= 11 is 0. The summed E-state index contributed by atoms with van der Waals surface area (Å²) in [7, 11) is 0. The molecule has 1 aliphatic carbocycles. The lowest BCUT2D eigenvalue weighted by Crippen LogP contribution is -2.37. The summed E-state index contributed by atoms with van der Waals surface area (Å²) in [6, 6.07) is 6.06. The number of nitrogens with one attached hydrogen (secondary N) is 1. The number of nitrogens with two attached hydrogens (primary N) is 1. The standard InChI is InChI=1S/C16H24N2O3/c1-3-20-15-10-12(8-9-17)4-7-14(15)21-11(2)16(19)18-13-5-6-13/h4,7,10-11,13H,3,5-6,8-9,17H2,1-2H3,(H,18,19). The summed E-state index contributed by atoms with van der Waals surface area (Å²) in [6.07, 6.45) is 2.38. The predicted octanol–water partition coefficient (Wildman–Crippen LogP) is 1.63. The number of amides is 1. The van der Waals surface area contributed by atoms with E-state index < -0.39 is 6.10 Å². The summed E-state index contributed by atoms with van der Waals surface area (Å²) in [6.45, 7) is 4.81. The Labute approximate surface area is 125 Å². The van der Waals surface area contributed by atoms with Gasteiger partial charge in [-0.2, -0.15) is 0 Å².